The van der Waals surface area contributed by atoms with Crippen molar-refractivity contribution in [2.24, 2.45) is 0 Å². The molecular formula is C15H23NO5. The monoisotopic (exact) mass is 297 g/mol. The Kier molecular flexibility index (Phi) is 5.55. The average molecular weight is 297 g/mol. The number of nitrogens with one attached hydrogen (secondary N) is 1. The highest BCUT2D eigenvalue weighted by Crippen LogP contribution is 2.22. The normalized spacial score (nSPS) is 34.4. The number of aliphatic hydroxyl groups is 3. The third-order valence-corrected chi connectivity index (χ3v) is 3.51. The molecule has 4 N–H and O–H groups in total. The second-order valence-electron chi connectivity index (χ2n) is 5.43. The summed E-state index contributed by atoms with van der Waals surface area (Å²) in [6.45, 7) is 3.87. The first-order valence-electron chi connectivity index (χ1n) is 7.12. The summed E-state index contributed by atoms with van der Waals surface area (Å²) in [6.07, 6.45) is -5.18. The molecule has 1 unspecified atom stereocenters. The number of hydrogen-bond acceptors (Lipinski definition) is 6. The van der Waals surface area contributed by atoms with E-state index in [1.165, 1.54) is 0 Å². The minimum absolute atomic E-state index is 0.00231. The summed E-state index contributed by atoms with van der Waals surface area (Å²) in [5.41, 5.74) is 0.975. The molecule has 0 amide bonds. The van der Waals surface area contributed by atoms with Crippen molar-refractivity contribution in [1.82, 2.24) is 0 Å². The van der Waals surface area contributed by atoms with Crippen LogP contribution in [0.2, 0.25) is 0 Å². The molecule has 1 heterocycles. The molecule has 1 aliphatic rings. The van der Waals surface area contributed by atoms with Crippen LogP contribution in [0, 0.1) is 0 Å². The Morgan fingerprint density at radius 3 is 2.48 bits per heavy atom. The van der Waals surface area contributed by atoms with Gasteiger partial charge in [0, 0.05) is 11.7 Å². The Bertz CT molecular complexity index is 429. The highest BCUT2D eigenvalue weighted by molar-refractivity contribution is 5.43. The maximum atomic E-state index is 9.85. The smallest absolute Gasteiger partial charge is 0.186 e. The van der Waals surface area contributed by atoms with Gasteiger partial charge >= 0.3 is 0 Å². The van der Waals surface area contributed by atoms with Crippen LogP contribution in [-0.2, 0) is 9.47 Å². The zero-order valence-corrected chi connectivity index (χ0v) is 12.2. The molecule has 1 fully saturated rings. The molecule has 6 nitrogen and oxygen atoms in total. The van der Waals surface area contributed by atoms with Gasteiger partial charge in [-0.2, -0.15) is 0 Å². The third-order valence-electron chi connectivity index (χ3n) is 3.51. The second-order valence-corrected chi connectivity index (χ2v) is 5.43. The molecule has 0 radical (unpaired) electrons. The molecule has 0 aromatic heterocycles. The first kappa shape index (κ1) is 16.2. The van der Waals surface area contributed by atoms with Gasteiger partial charge in [0.05, 0.1) is 12.7 Å². The highest BCUT2D eigenvalue weighted by atomic mass is 16.7. The predicted octanol–water partition coefficient (Wildman–Crippen LogP) is 0.331. The fraction of sp³-hybridized carbons (Fsp3) is 0.600. The van der Waals surface area contributed by atoms with Crippen LogP contribution >= 0.6 is 0 Å². The predicted molar refractivity (Wildman–Crippen MR) is 77.8 cm³/mol. The summed E-state index contributed by atoms with van der Waals surface area (Å²) < 4.78 is 10.9. The van der Waals surface area contributed by atoms with E-state index in [0.29, 0.717) is 6.61 Å². The number of aliphatic hydroxyl groups excluding tert-OH is 3. The van der Waals surface area contributed by atoms with Gasteiger partial charge in [-0.3, -0.25) is 0 Å². The minimum Gasteiger partial charge on any atom is -0.388 e. The quantitative estimate of drug-likeness (QED) is 0.626. The number of anilines is 1. The minimum atomic E-state index is -1.27. The number of hydrogen-bond donors (Lipinski definition) is 4. The van der Waals surface area contributed by atoms with E-state index in [-0.39, 0.29) is 6.04 Å². The van der Waals surface area contributed by atoms with Crippen LogP contribution in [0.15, 0.2) is 30.3 Å². The lowest BCUT2D eigenvalue weighted by Crippen LogP contribution is -2.57. The molecule has 0 saturated carbocycles. The van der Waals surface area contributed by atoms with Crippen molar-refractivity contribution in [3.8, 4) is 0 Å². The van der Waals surface area contributed by atoms with Gasteiger partial charge in [0.25, 0.3) is 0 Å². The van der Waals surface area contributed by atoms with Crippen LogP contribution < -0.4 is 5.32 Å². The molecule has 0 aliphatic carbocycles. The van der Waals surface area contributed by atoms with E-state index in [1.807, 2.05) is 37.3 Å². The Labute approximate surface area is 124 Å². The van der Waals surface area contributed by atoms with E-state index in [9.17, 15) is 15.3 Å². The lowest BCUT2D eigenvalue weighted by atomic mass is 10.0. The molecule has 6 atom stereocenters. The van der Waals surface area contributed by atoms with E-state index in [4.69, 9.17) is 9.47 Å². The maximum Gasteiger partial charge on any atom is 0.186 e. The molecule has 1 aromatic carbocycles. The molecule has 118 valence electrons. The first-order valence-corrected chi connectivity index (χ1v) is 7.12. The molecule has 2 rings (SSSR count). The summed E-state index contributed by atoms with van der Waals surface area (Å²) in [6, 6.07) is 9.71. The Balaban J connectivity index is 1.82. The highest BCUT2D eigenvalue weighted by Gasteiger charge is 2.42. The van der Waals surface area contributed by atoms with Crippen molar-refractivity contribution < 1.29 is 24.8 Å². The van der Waals surface area contributed by atoms with Gasteiger partial charge in [-0.15, -0.1) is 0 Å². The van der Waals surface area contributed by atoms with Crippen molar-refractivity contribution in [3.63, 3.8) is 0 Å². The molecule has 1 aromatic rings. The van der Waals surface area contributed by atoms with Crippen molar-refractivity contribution in [2.75, 3.05) is 11.9 Å². The van der Waals surface area contributed by atoms with Crippen LogP contribution in [0.4, 0.5) is 5.69 Å². The van der Waals surface area contributed by atoms with Crippen LogP contribution in [-0.4, -0.2) is 58.7 Å². The van der Waals surface area contributed by atoms with Crippen molar-refractivity contribution in [2.45, 2.75) is 50.6 Å². The first-order chi connectivity index (χ1) is 9.99. The van der Waals surface area contributed by atoms with E-state index in [1.54, 1.807) is 6.92 Å². The molecule has 1 saturated heterocycles. The lowest BCUT2D eigenvalue weighted by molar-refractivity contribution is -0.293. The van der Waals surface area contributed by atoms with E-state index >= 15 is 0 Å². The Morgan fingerprint density at radius 1 is 1.14 bits per heavy atom. The summed E-state index contributed by atoms with van der Waals surface area (Å²) in [5.74, 6) is 0. The molecule has 6 heteroatoms. The van der Waals surface area contributed by atoms with Crippen molar-refractivity contribution >= 4 is 5.69 Å². The van der Waals surface area contributed by atoms with Crippen LogP contribution in [0.3, 0.4) is 0 Å². The largest absolute Gasteiger partial charge is 0.388 e. The molecule has 21 heavy (non-hydrogen) atoms. The van der Waals surface area contributed by atoms with Gasteiger partial charge < -0.3 is 30.1 Å². The summed E-state index contributed by atoms with van der Waals surface area (Å²) in [7, 11) is 0. The van der Waals surface area contributed by atoms with Gasteiger partial charge in [0.1, 0.15) is 18.3 Å². The fourth-order valence-corrected chi connectivity index (χ4v) is 2.25. The molecular weight excluding hydrogens is 274 g/mol. The van der Waals surface area contributed by atoms with E-state index < -0.39 is 30.7 Å². The summed E-state index contributed by atoms with van der Waals surface area (Å²) in [5, 5.41) is 32.4. The average Bonchev–Trinajstić information content (AvgIpc) is 2.48. The third kappa shape index (κ3) is 4.15. The SMILES string of the molecule is CC(CO[C@@H]1O[C@H](C)[C@H](O)[C@H](O)[C@H]1O)Nc1ccccc1. The van der Waals surface area contributed by atoms with Gasteiger partial charge in [-0.25, -0.2) is 0 Å². The summed E-state index contributed by atoms with van der Waals surface area (Å²) >= 11 is 0. The number of para-hydroxylation sites is 1. The van der Waals surface area contributed by atoms with E-state index in [2.05, 4.69) is 5.32 Å². The zero-order valence-electron chi connectivity index (χ0n) is 12.2. The molecule has 1 aliphatic heterocycles. The van der Waals surface area contributed by atoms with Crippen LogP contribution in [0.1, 0.15) is 13.8 Å². The topological polar surface area (TPSA) is 91.2 Å². The standard InChI is InChI=1S/C15H23NO5/c1-9(16-11-6-4-3-5-7-11)8-20-15-14(19)13(18)12(17)10(2)21-15/h3-7,9-10,12-19H,8H2,1-2H3/t9?,10-,12+,13+,14-,15-/m1/s1. The number of benzene rings is 1. The van der Waals surface area contributed by atoms with Crippen LogP contribution in [0.25, 0.3) is 0 Å². The van der Waals surface area contributed by atoms with Crippen LogP contribution in [0.5, 0.6) is 0 Å². The summed E-state index contributed by atoms with van der Waals surface area (Å²) in [4.78, 5) is 0. The van der Waals surface area contributed by atoms with Gasteiger partial charge in [0.15, 0.2) is 6.29 Å². The molecule has 0 spiro atoms. The van der Waals surface area contributed by atoms with Gasteiger partial charge in [-0.1, -0.05) is 18.2 Å². The van der Waals surface area contributed by atoms with E-state index in [0.717, 1.165) is 5.69 Å². The number of ether oxygens (including phenoxy) is 2. The maximum absolute atomic E-state index is 9.85. The lowest BCUT2D eigenvalue weighted by Gasteiger charge is -2.39. The second kappa shape index (κ2) is 7.20. The van der Waals surface area contributed by atoms with Crippen molar-refractivity contribution in [1.29, 1.82) is 0 Å². The van der Waals surface area contributed by atoms with Gasteiger partial charge in [0.2, 0.25) is 0 Å². The zero-order chi connectivity index (χ0) is 15.4. The number of rotatable bonds is 5. The fourth-order valence-electron chi connectivity index (χ4n) is 2.25. The molecule has 0 bridgehead atoms. The van der Waals surface area contributed by atoms with Gasteiger partial charge in [-0.05, 0) is 26.0 Å². The van der Waals surface area contributed by atoms with Crippen molar-refractivity contribution in [3.05, 3.63) is 30.3 Å². The Morgan fingerprint density at radius 2 is 1.81 bits per heavy atom. The Hall–Kier alpha value is -1.18.